The zero-order valence-electron chi connectivity index (χ0n) is 26.2. The number of likely N-dealkylation sites (tertiary alicyclic amines) is 1. The third-order valence-electron chi connectivity index (χ3n) is 9.78. The molecular weight excluding hydrogens is 596 g/mol. The number of hydrogen-bond acceptors (Lipinski definition) is 11. The molecule has 6 atom stereocenters. The van der Waals surface area contributed by atoms with Gasteiger partial charge in [-0.25, -0.2) is 0 Å². The molecule has 2 aromatic rings. The number of aliphatic hydroxyl groups excluding tert-OH is 1. The largest absolute Gasteiger partial charge is 0.507 e. The van der Waals surface area contributed by atoms with Gasteiger partial charge in [0, 0.05) is 49.0 Å². The summed E-state index contributed by atoms with van der Waals surface area (Å²) in [6.45, 7) is 4.65. The normalized spacial score (nSPS) is 29.6. The Morgan fingerprint density at radius 3 is 2.43 bits per heavy atom. The molecule has 12 nitrogen and oxygen atoms in total. The number of nitrogens with zero attached hydrogens (tertiary/aromatic N) is 2. The molecule has 12 heteroatoms. The molecule has 46 heavy (non-hydrogen) atoms. The Bertz CT molecular complexity index is 1600. The third-order valence-corrected chi connectivity index (χ3v) is 9.78. The Morgan fingerprint density at radius 2 is 1.76 bits per heavy atom. The van der Waals surface area contributed by atoms with Gasteiger partial charge in [-0.05, 0) is 32.8 Å². The molecule has 4 aliphatic rings. The standard InChI is InChI=1S/C34H40N2O10/c1-17-29(38)21(35-16-36-11-6-4-5-7-12-36)13-24(45-17)46-23-15-34(43,18(2)37)14-20-26(23)33(42)28-27(31(20)40)30(39)19-9-8-10-22(44-3)25(19)32(28)41/h8-10,16-17,21,23-24,29,38,40,42-43H,4-7,11-15H2,1-3H3/t17?,21-,23+,24?,29?,34?/m1/s1. The van der Waals surface area contributed by atoms with E-state index in [0.717, 1.165) is 38.8 Å². The topological polar surface area (TPSA) is 175 Å². The number of carbonyl (C=O) groups excluding carboxylic acids is 3. The lowest BCUT2D eigenvalue weighted by atomic mass is 9.72. The van der Waals surface area contributed by atoms with Gasteiger partial charge in [0.1, 0.15) is 29.0 Å². The summed E-state index contributed by atoms with van der Waals surface area (Å²) in [5.41, 5.74) is -2.98. The van der Waals surface area contributed by atoms with Crippen LogP contribution in [0.3, 0.4) is 0 Å². The fourth-order valence-corrected chi connectivity index (χ4v) is 7.14. The van der Waals surface area contributed by atoms with Gasteiger partial charge < -0.3 is 39.5 Å². The number of aromatic hydroxyl groups is 2. The molecule has 0 amide bonds. The van der Waals surface area contributed by atoms with E-state index in [-0.39, 0.29) is 40.8 Å². The molecular formula is C34H40N2O10. The van der Waals surface area contributed by atoms with Crippen molar-refractivity contribution in [2.24, 2.45) is 4.99 Å². The van der Waals surface area contributed by atoms with Gasteiger partial charge in [0.05, 0.1) is 48.4 Å². The number of rotatable bonds is 6. The zero-order valence-corrected chi connectivity index (χ0v) is 26.2. The minimum atomic E-state index is -2.01. The van der Waals surface area contributed by atoms with Crippen molar-refractivity contribution in [3.05, 3.63) is 51.6 Å². The second-order valence-corrected chi connectivity index (χ2v) is 12.8. The maximum Gasteiger partial charge on any atom is 0.202 e. The number of ether oxygens (including phenoxy) is 3. The van der Waals surface area contributed by atoms with E-state index in [1.54, 1.807) is 13.3 Å². The second kappa shape index (κ2) is 12.4. The van der Waals surface area contributed by atoms with Gasteiger partial charge in [-0.3, -0.25) is 19.4 Å². The van der Waals surface area contributed by atoms with E-state index in [9.17, 15) is 34.8 Å². The third kappa shape index (κ3) is 5.46. The van der Waals surface area contributed by atoms with Crippen molar-refractivity contribution in [2.45, 2.75) is 95.0 Å². The van der Waals surface area contributed by atoms with E-state index < -0.39 is 82.6 Å². The van der Waals surface area contributed by atoms with Crippen LogP contribution in [0, 0.1) is 0 Å². The summed E-state index contributed by atoms with van der Waals surface area (Å²) in [5.74, 6) is -3.11. The van der Waals surface area contributed by atoms with Crippen LogP contribution in [-0.4, -0.2) is 99.4 Å². The van der Waals surface area contributed by atoms with Crippen molar-refractivity contribution in [1.29, 1.82) is 0 Å². The summed E-state index contributed by atoms with van der Waals surface area (Å²) in [6, 6.07) is 3.90. The van der Waals surface area contributed by atoms with E-state index >= 15 is 0 Å². The fourth-order valence-electron chi connectivity index (χ4n) is 7.14. The molecule has 2 fully saturated rings. The summed E-state index contributed by atoms with van der Waals surface area (Å²) in [6.07, 6.45) is 1.79. The molecule has 246 valence electrons. The van der Waals surface area contributed by atoms with Crippen molar-refractivity contribution in [3.8, 4) is 17.2 Å². The highest BCUT2D eigenvalue weighted by atomic mass is 16.7. The number of aliphatic hydroxyl groups is 2. The van der Waals surface area contributed by atoms with Crippen LogP contribution in [0.25, 0.3) is 0 Å². The number of carbonyl (C=O) groups is 3. The quantitative estimate of drug-likeness (QED) is 0.178. The minimum Gasteiger partial charge on any atom is -0.507 e. The maximum atomic E-state index is 13.9. The monoisotopic (exact) mass is 636 g/mol. The van der Waals surface area contributed by atoms with E-state index in [1.165, 1.54) is 32.2 Å². The van der Waals surface area contributed by atoms with Crippen LogP contribution >= 0.6 is 0 Å². The summed E-state index contributed by atoms with van der Waals surface area (Å²) < 4.78 is 17.7. The highest BCUT2D eigenvalue weighted by Gasteiger charge is 2.49. The predicted octanol–water partition coefficient (Wildman–Crippen LogP) is 2.97. The van der Waals surface area contributed by atoms with Gasteiger partial charge in [0.15, 0.2) is 17.9 Å². The Morgan fingerprint density at radius 1 is 1.07 bits per heavy atom. The van der Waals surface area contributed by atoms with Crippen molar-refractivity contribution >= 4 is 23.7 Å². The number of phenolic OH excluding ortho intramolecular Hbond substituents is 2. The van der Waals surface area contributed by atoms with Gasteiger partial charge in [0.25, 0.3) is 0 Å². The molecule has 0 bridgehead atoms. The molecule has 2 aliphatic carbocycles. The Kier molecular flexibility index (Phi) is 8.66. The van der Waals surface area contributed by atoms with E-state index in [4.69, 9.17) is 14.2 Å². The number of hydrogen-bond donors (Lipinski definition) is 4. The molecule has 2 heterocycles. The summed E-state index contributed by atoms with van der Waals surface area (Å²) >= 11 is 0. The van der Waals surface area contributed by atoms with Gasteiger partial charge >= 0.3 is 0 Å². The number of Topliss-reactive ketones (excluding diaryl/α,β-unsaturated/α-hetero) is 1. The summed E-state index contributed by atoms with van der Waals surface area (Å²) in [7, 11) is 1.35. The Balaban J connectivity index is 1.38. The molecule has 2 saturated heterocycles. The smallest absolute Gasteiger partial charge is 0.202 e. The molecule has 2 aliphatic heterocycles. The lowest BCUT2D eigenvalue weighted by Crippen LogP contribution is -2.49. The predicted molar refractivity (Wildman–Crippen MR) is 165 cm³/mol. The highest BCUT2D eigenvalue weighted by molar-refractivity contribution is 6.31. The first-order valence-electron chi connectivity index (χ1n) is 15.8. The maximum absolute atomic E-state index is 13.9. The van der Waals surface area contributed by atoms with Crippen LogP contribution in [0.15, 0.2) is 23.2 Å². The first kappa shape index (κ1) is 32.1. The van der Waals surface area contributed by atoms with Crippen LogP contribution < -0.4 is 4.74 Å². The highest BCUT2D eigenvalue weighted by Crippen LogP contribution is 2.52. The van der Waals surface area contributed by atoms with Crippen LogP contribution in [0.2, 0.25) is 0 Å². The Labute approximate surface area is 266 Å². The van der Waals surface area contributed by atoms with Gasteiger partial charge in [-0.1, -0.05) is 25.0 Å². The number of ketones is 3. The van der Waals surface area contributed by atoms with Crippen LogP contribution in [0.4, 0.5) is 0 Å². The summed E-state index contributed by atoms with van der Waals surface area (Å²) in [4.78, 5) is 47.1. The zero-order chi connectivity index (χ0) is 32.9. The minimum absolute atomic E-state index is 0.00753. The summed E-state index contributed by atoms with van der Waals surface area (Å²) in [5, 5.41) is 45.6. The van der Waals surface area contributed by atoms with Gasteiger partial charge in [0.2, 0.25) is 5.78 Å². The molecule has 0 saturated carbocycles. The van der Waals surface area contributed by atoms with Crippen LogP contribution in [0.5, 0.6) is 17.2 Å². The van der Waals surface area contributed by atoms with Gasteiger partial charge in [-0.15, -0.1) is 0 Å². The second-order valence-electron chi connectivity index (χ2n) is 12.8. The molecule has 2 aromatic carbocycles. The lowest BCUT2D eigenvalue weighted by Gasteiger charge is -2.42. The average Bonchev–Trinajstić information content (AvgIpc) is 3.31. The number of benzene rings is 2. The molecule has 6 rings (SSSR count). The molecule has 0 spiro atoms. The van der Waals surface area contributed by atoms with Crippen LogP contribution in [0.1, 0.15) is 101 Å². The SMILES string of the molecule is COc1cccc2c1C(=O)c1c(O)c3c(c(O)c1C2=O)CC(O)(C(C)=O)C[C@@H]3OC1C[C@@H](N=CN2CCCCCC2)C(O)C(C)O1. The number of fused-ring (bicyclic) bond motifs is 3. The fraction of sp³-hybridized carbons (Fsp3) is 0.529. The van der Waals surface area contributed by atoms with Crippen molar-refractivity contribution < 1.29 is 49.0 Å². The van der Waals surface area contributed by atoms with Crippen molar-refractivity contribution in [1.82, 2.24) is 4.90 Å². The first-order chi connectivity index (χ1) is 21.9. The first-order valence-corrected chi connectivity index (χ1v) is 15.8. The average molecular weight is 637 g/mol. The van der Waals surface area contributed by atoms with E-state index in [0.29, 0.717) is 0 Å². The number of phenols is 2. The molecule has 0 radical (unpaired) electrons. The van der Waals surface area contributed by atoms with Gasteiger partial charge in [-0.2, -0.15) is 0 Å². The van der Waals surface area contributed by atoms with E-state index in [2.05, 4.69) is 9.89 Å². The Hall–Kier alpha value is -3.84. The molecule has 4 N–H and O–H groups in total. The van der Waals surface area contributed by atoms with E-state index in [1.807, 2.05) is 0 Å². The van der Waals surface area contributed by atoms with Crippen molar-refractivity contribution in [3.63, 3.8) is 0 Å². The number of aliphatic imine (C=N–C) groups is 1. The lowest BCUT2D eigenvalue weighted by molar-refractivity contribution is -0.246. The van der Waals surface area contributed by atoms with Crippen LogP contribution in [-0.2, 0) is 20.7 Å². The number of methoxy groups -OCH3 is 1. The molecule has 4 unspecified atom stereocenters. The molecule has 0 aromatic heterocycles. The van der Waals surface area contributed by atoms with Crippen molar-refractivity contribution in [2.75, 3.05) is 20.2 Å².